The molecule has 0 aromatic carbocycles. The number of unbranched alkanes of at least 4 members (excludes halogenated alkanes) is 14. The van der Waals surface area contributed by atoms with E-state index in [1.165, 1.54) is 148 Å². The number of hydrogen-bond donors (Lipinski definition) is 0. The first-order valence-corrected chi connectivity index (χ1v) is 15.1. The van der Waals surface area contributed by atoms with Gasteiger partial charge in [0.2, 0.25) is 0 Å². The molecule has 0 aliphatic heterocycles. The van der Waals surface area contributed by atoms with Gasteiger partial charge in [0.05, 0.1) is 0 Å². The molecule has 0 saturated carbocycles. The maximum Gasteiger partial charge on any atom is -0.0443 e. The Morgan fingerprint density at radius 2 is 0.581 bits per heavy atom. The highest BCUT2D eigenvalue weighted by Gasteiger charge is 2.04. The SMILES string of the molecule is CCCCCCCC(C)CCCCCCCCC(C)CCCCCCCCC(C)CC. The van der Waals surface area contributed by atoms with Crippen molar-refractivity contribution in [3.8, 4) is 0 Å². The van der Waals surface area contributed by atoms with Gasteiger partial charge in [0.15, 0.2) is 0 Å². The molecular formula is C31H64. The number of rotatable bonds is 25. The van der Waals surface area contributed by atoms with E-state index in [9.17, 15) is 0 Å². The Kier molecular flexibility index (Phi) is 24.6. The zero-order valence-corrected chi connectivity index (χ0v) is 23.0. The first kappa shape index (κ1) is 31.0. The quantitative estimate of drug-likeness (QED) is 0.125. The molecule has 0 nitrogen and oxygen atoms in total. The lowest BCUT2D eigenvalue weighted by Crippen LogP contribution is -1.96. The first-order valence-electron chi connectivity index (χ1n) is 15.1. The van der Waals surface area contributed by atoms with E-state index in [-0.39, 0.29) is 0 Å². The van der Waals surface area contributed by atoms with Crippen molar-refractivity contribution < 1.29 is 0 Å². The zero-order valence-electron chi connectivity index (χ0n) is 23.0. The fourth-order valence-corrected chi connectivity index (χ4v) is 4.97. The Balaban J connectivity index is 3.26. The van der Waals surface area contributed by atoms with Crippen LogP contribution in [-0.2, 0) is 0 Å². The van der Waals surface area contributed by atoms with Crippen LogP contribution in [0.4, 0.5) is 0 Å². The van der Waals surface area contributed by atoms with Crippen molar-refractivity contribution >= 4 is 0 Å². The molecule has 188 valence electrons. The van der Waals surface area contributed by atoms with Gasteiger partial charge in [0.25, 0.3) is 0 Å². The highest BCUT2D eigenvalue weighted by Crippen LogP contribution is 2.21. The van der Waals surface area contributed by atoms with E-state index in [1.54, 1.807) is 0 Å². The van der Waals surface area contributed by atoms with Crippen molar-refractivity contribution in [3.63, 3.8) is 0 Å². The summed E-state index contributed by atoms with van der Waals surface area (Å²) in [6.07, 6.45) is 33.6. The molecule has 0 amide bonds. The van der Waals surface area contributed by atoms with E-state index < -0.39 is 0 Å². The Labute approximate surface area is 200 Å². The van der Waals surface area contributed by atoms with Crippen LogP contribution >= 0.6 is 0 Å². The van der Waals surface area contributed by atoms with Crippen molar-refractivity contribution in [2.75, 3.05) is 0 Å². The molecule has 0 heterocycles. The van der Waals surface area contributed by atoms with Crippen LogP contribution in [0.2, 0.25) is 0 Å². The molecule has 31 heavy (non-hydrogen) atoms. The summed E-state index contributed by atoms with van der Waals surface area (Å²) in [5, 5.41) is 0. The molecule has 3 atom stereocenters. The fourth-order valence-electron chi connectivity index (χ4n) is 4.97. The lowest BCUT2D eigenvalue weighted by molar-refractivity contribution is 0.419. The Morgan fingerprint density at radius 3 is 0.871 bits per heavy atom. The van der Waals surface area contributed by atoms with E-state index in [1.807, 2.05) is 0 Å². The first-order chi connectivity index (χ1) is 15.1. The molecule has 0 spiro atoms. The molecule has 0 fully saturated rings. The molecule has 0 aromatic rings. The third-order valence-electron chi connectivity index (χ3n) is 7.79. The van der Waals surface area contributed by atoms with Gasteiger partial charge in [-0.25, -0.2) is 0 Å². The second kappa shape index (κ2) is 24.6. The molecule has 0 radical (unpaired) electrons. The van der Waals surface area contributed by atoms with Crippen LogP contribution in [0.25, 0.3) is 0 Å². The predicted octanol–water partition coefficient (Wildman–Crippen LogP) is 11.9. The summed E-state index contributed by atoms with van der Waals surface area (Å²) in [7, 11) is 0. The molecule has 0 heteroatoms. The van der Waals surface area contributed by atoms with Gasteiger partial charge < -0.3 is 0 Å². The van der Waals surface area contributed by atoms with E-state index in [0.29, 0.717) is 0 Å². The van der Waals surface area contributed by atoms with E-state index in [2.05, 4.69) is 34.6 Å². The maximum absolute atomic E-state index is 2.50. The normalized spacial score (nSPS) is 14.6. The van der Waals surface area contributed by atoms with Crippen LogP contribution in [0, 0.1) is 17.8 Å². The predicted molar refractivity (Wildman–Crippen MR) is 145 cm³/mol. The molecule has 0 saturated heterocycles. The summed E-state index contributed by atoms with van der Waals surface area (Å²) in [6, 6.07) is 0. The molecule has 0 aliphatic rings. The average molecular weight is 437 g/mol. The Bertz CT molecular complexity index is 320. The van der Waals surface area contributed by atoms with Gasteiger partial charge in [-0.1, -0.05) is 182 Å². The molecule has 0 aromatic heterocycles. The standard InChI is InChI=1S/C31H64/c1-6-8-9-14-20-25-30(4)26-22-17-12-13-18-23-28-31(5)27-21-16-11-10-15-19-24-29(3)7-2/h29-31H,6-28H2,1-5H3. The van der Waals surface area contributed by atoms with Crippen LogP contribution in [0.5, 0.6) is 0 Å². The molecule has 3 unspecified atom stereocenters. The lowest BCUT2D eigenvalue weighted by atomic mass is 9.94. The van der Waals surface area contributed by atoms with Crippen LogP contribution in [0.3, 0.4) is 0 Å². The largest absolute Gasteiger partial charge is 0.0654 e. The minimum absolute atomic E-state index is 0.944. The second-order valence-corrected chi connectivity index (χ2v) is 11.3. The van der Waals surface area contributed by atoms with Crippen molar-refractivity contribution in [2.24, 2.45) is 17.8 Å². The van der Waals surface area contributed by atoms with Gasteiger partial charge in [-0.05, 0) is 17.8 Å². The van der Waals surface area contributed by atoms with Crippen LogP contribution < -0.4 is 0 Å². The highest BCUT2D eigenvalue weighted by atomic mass is 14.1. The van der Waals surface area contributed by atoms with Gasteiger partial charge >= 0.3 is 0 Å². The van der Waals surface area contributed by atoms with Gasteiger partial charge in [-0.2, -0.15) is 0 Å². The molecule has 0 rings (SSSR count). The zero-order chi connectivity index (χ0) is 23.0. The van der Waals surface area contributed by atoms with Crippen molar-refractivity contribution in [2.45, 2.75) is 182 Å². The smallest absolute Gasteiger partial charge is 0.0443 e. The second-order valence-electron chi connectivity index (χ2n) is 11.3. The highest BCUT2D eigenvalue weighted by molar-refractivity contribution is 4.58. The maximum atomic E-state index is 2.50. The van der Waals surface area contributed by atoms with Crippen molar-refractivity contribution in [1.82, 2.24) is 0 Å². The number of hydrogen-bond acceptors (Lipinski definition) is 0. The molecular weight excluding hydrogens is 372 g/mol. The topological polar surface area (TPSA) is 0 Å². The van der Waals surface area contributed by atoms with E-state index in [0.717, 1.165) is 17.8 Å². The van der Waals surface area contributed by atoms with Crippen LogP contribution in [0.15, 0.2) is 0 Å². The fraction of sp³-hybridized carbons (Fsp3) is 1.00. The van der Waals surface area contributed by atoms with E-state index in [4.69, 9.17) is 0 Å². The van der Waals surface area contributed by atoms with Crippen molar-refractivity contribution in [3.05, 3.63) is 0 Å². The Hall–Kier alpha value is 0. The minimum atomic E-state index is 0.944. The summed E-state index contributed by atoms with van der Waals surface area (Å²) in [5.41, 5.74) is 0. The van der Waals surface area contributed by atoms with Crippen LogP contribution in [0.1, 0.15) is 182 Å². The van der Waals surface area contributed by atoms with Crippen LogP contribution in [-0.4, -0.2) is 0 Å². The summed E-state index contributed by atoms with van der Waals surface area (Å²) < 4.78 is 0. The summed E-state index contributed by atoms with van der Waals surface area (Å²) in [6.45, 7) is 12.0. The van der Waals surface area contributed by atoms with Gasteiger partial charge in [0.1, 0.15) is 0 Å². The summed E-state index contributed by atoms with van der Waals surface area (Å²) >= 11 is 0. The Morgan fingerprint density at radius 1 is 0.323 bits per heavy atom. The molecule has 0 N–H and O–H groups in total. The third-order valence-corrected chi connectivity index (χ3v) is 7.79. The third kappa shape index (κ3) is 24.5. The monoisotopic (exact) mass is 437 g/mol. The van der Waals surface area contributed by atoms with E-state index >= 15 is 0 Å². The lowest BCUT2D eigenvalue weighted by Gasteiger charge is -2.12. The summed E-state index contributed by atoms with van der Waals surface area (Å²) in [4.78, 5) is 0. The van der Waals surface area contributed by atoms with Crippen molar-refractivity contribution in [1.29, 1.82) is 0 Å². The van der Waals surface area contributed by atoms with Gasteiger partial charge in [0, 0.05) is 0 Å². The minimum Gasteiger partial charge on any atom is -0.0654 e. The summed E-state index contributed by atoms with van der Waals surface area (Å²) in [5.74, 6) is 2.87. The molecule has 0 bridgehead atoms. The van der Waals surface area contributed by atoms with Gasteiger partial charge in [-0.3, -0.25) is 0 Å². The average Bonchev–Trinajstić information content (AvgIpc) is 2.76. The van der Waals surface area contributed by atoms with Gasteiger partial charge in [-0.15, -0.1) is 0 Å². The molecule has 0 aliphatic carbocycles.